The Morgan fingerprint density at radius 1 is 1.88 bits per heavy atom. The number of aromatic nitrogens is 1. The fourth-order valence-electron chi connectivity index (χ4n) is 0.303. The molecule has 0 radical (unpaired) electrons. The maximum atomic E-state index is 7.88. The summed E-state index contributed by atoms with van der Waals surface area (Å²) in [6.45, 7) is 0. The molecule has 0 saturated heterocycles. The summed E-state index contributed by atoms with van der Waals surface area (Å²) in [5, 5.41) is 3.91. The van der Waals surface area contributed by atoms with E-state index in [2.05, 4.69) is 15.0 Å². The Kier molecular flexibility index (Phi) is 1.46. The molecule has 0 aliphatic carbocycles. The van der Waals surface area contributed by atoms with Gasteiger partial charge in [0.15, 0.2) is 0 Å². The van der Waals surface area contributed by atoms with Gasteiger partial charge < -0.3 is 0 Å². The van der Waals surface area contributed by atoms with Crippen molar-refractivity contribution < 1.29 is 0 Å². The first-order valence-corrected chi connectivity index (χ1v) is 2.75. The van der Waals surface area contributed by atoms with Gasteiger partial charge in [0.25, 0.3) is 0 Å². The Morgan fingerprint density at radius 3 is 3.25 bits per heavy atom. The standard InChI is InChI=1S/C3H2N4S/c4-7-6-3-1-5-2-8-3/h1-2H. The van der Waals surface area contributed by atoms with E-state index in [0.29, 0.717) is 5.00 Å². The van der Waals surface area contributed by atoms with Gasteiger partial charge in [0.1, 0.15) is 5.00 Å². The van der Waals surface area contributed by atoms with E-state index in [1.165, 1.54) is 17.5 Å². The van der Waals surface area contributed by atoms with Crippen molar-refractivity contribution in [3.05, 3.63) is 22.2 Å². The lowest BCUT2D eigenvalue weighted by Gasteiger charge is -1.67. The van der Waals surface area contributed by atoms with Crippen LogP contribution < -0.4 is 0 Å². The van der Waals surface area contributed by atoms with Crippen LogP contribution in [0.4, 0.5) is 5.00 Å². The minimum Gasteiger partial charge on any atom is -0.253 e. The lowest BCUT2D eigenvalue weighted by atomic mass is 10.9. The Bertz CT molecular complexity index is 197. The van der Waals surface area contributed by atoms with E-state index in [4.69, 9.17) is 5.53 Å². The van der Waals surface area contributed by atoms with Crippen molar-refractivity contribution >= 4 is 16.3 Å². The maximum Gasteiger partial charge on any atom is 0.110 e. The number of nitrogens with zero attached hydrogens (tertiary/aromatic N) is 4. The van der Waals surface area contributed by atoms with E-state index < -0.39 is 0 Å². The molecule has 0 unspecified atom stereocenters. The monoisotopic (exact) mass is 126 g/mol. The van der Waals surface area contributed by atoms with Gasteiger partial charge >= 0.3 is 0 Å². The number of azide groups is 1. The molecule has 0 N–H and O–H groups in total. The van der Waals surface area contributed by atoms with Gasteiger partial charge in [-0.25, -0.2) is 0 Å². The SMILES string of the molecule is [N-]=[N+]=Nc1cncs1. The number of hydrogen-bond donors (Lipinski definition) is 0. The molecule has 5 heteroatoms. The van der Waals surface area contributed by atoms with E-state index in [-0.39, 0.29) is 0 Å². The summed E-state index contributed by atoms with van der Waals surface area (Å²) in [5.41, 5.74) is 9.49. The minimum atomic E-state index is 0.604. The fourth-order valence-corrected chi connectivity index (χ4v) is 0.738. The quantitative estimate of drug-likeness (QED) is 0.323. The molecule has 4 nitrogen and oxygen atoms in total. The topological polar surface area (TPSA) is 61.7 Å². The summed E-state index contributed by atoms with van der Waals surface area (Å²) in [7, 11) is 0. The second-order valence-corrected chi connectivity index (χ2v) is 1.89. The van der Waals surface area contributed by atoms with E-state index in [1.807, 2.05) is 0 Å². The van der Waals surface area contributed by atoms with Gasteiger partial charge in [0.05, 0.1) is 5.51 Å². The van der Waals surface area contributed by atoms with Crippen LogP contribution in [0.3, 0.4) is 0 Å². The van der Waals surface area contributed by atoms with Crippen LogP contribution in [0.15, 0.2) is 16.8 Å². The van der Waals surface area contributed by atoms with E-state index in [9.17, 15) is 0 Å². The molecule has 0 saturated carbocycles. The van der Waals surface area contributed by atoms with Crippen molar-refractivity contribution in [2.45, 2.75) is 0 Å². The number of hydrogen-bond acceptors (Lipinski definition) is 3. The molecular weight excluding hydrogens is 124 g/mol. The van der Waals surface area contributed by atoms with Crippen molar-refractivity contribution in [3.63, 3.8) is 0 Å². The lowest BCUT2D eigenvalue weighted by molar-refractivity contribution is 1.40. The van der Waals surface area contributed by atoms with Crippen LogP contribution in [0.1, 0.15) is 0 Å². The highest BCUT2D eigenvalue weighted by molar-refractivity contribution is 7.13. The zero-order valence-electron chi connectivity index (χ0n) is 3.85. The van der Waals surface area contributed by atoms with Crippen molar-refractivity contribution in [2.24, 2.45) is 5.11 Å². The average Bonchev–Trinajstić information content (AvgIpc) is 2.19. The molecule has 0 aromatic carbocycles. The zero-order chi connectivity index (χ0) is 5.82. The van der Waals surface area contributed by atoms with Crippen LogP contribution in [0.5, 0.6) is 0 Å². The Labute approximate surface area is 49.4 Å². The molecule has 40 valence electrons. The van der Waals surface area contributed by atoms with Crippen LogP contribution in [0.25, 0.3) is 10.4 Å². The molecule has 1 heterocycles. The summed E-state index contributed by atoms with van der Waals surface area (Å²) in [4.78, 5) is 6.27. The third-order valence-electron chi connectivity index (χ3n) is 0.563. The summed E-state index contributed by atoms with van der Waals surface area (Å²) in [6, 6.07) is 0. The summed E-state index contributed by atoms with van der Waals surface area (Å²) < 4.78 is 0. The smallest absolute Gasteiger partial charge is 0.110 e. The van der Waals surface area contributed by atoms with Gasteiger partial charge in [-0.05, 0) is 10.6 Å². The molecule has 0 aliphatic heterocycles. The highest BCUT2D eigenvalue weighted by Crippen LogP contribution is 2.15. The molecular formula is C3H2N4S. The van der Waals surface area contributed by atoms with Crippen molar-refractivity contribution in [2.75, 3.05) is 0 Å². The maximum absolute atomic E-state index is 7.88. The molecule has 1 aromatic rings. The highest BCUT2D eigenvalue weighted by atomic mass is 32.1. The van der Waals surface area contributed by atoms with Crippen LogP contribution >= 0.6 is 11.3 Å². The van der Waals surface area contributed by atoms with Crippen molar-refractivity contribution in [1.82, 2.24) is 4.98 Å². The molecule has 0 spiro atoms. The van der Waals surface area contributed by atoms with Crippen LogP contribution in [-0.4, -0.2) is 4.98 Å². The van der Waals surface area contributed by atoms with E-state index in [1.54, 1.807) is 5.51 Å². The van der Waals surface area contributed by atoms with Gasteiger partial charge in [-0.3, -0.25) is 4.98 Å². The molecule has 1 aromatic heterocycles. The normalized spacial score (nSPS) is 8.00. The third-order valence-corrected chi connectivity index (χ3v) is 1.22. The number of thiazole rings is 1. The number of rotatable bonds is 1. The second kappa shape index (κ2) is 2.30. The van der Waals surface area contributed by atoms with Gasteiger partial charge in [-0.2, -0.15) is 0 Å². The van der Waals surface area contributed by atoms with E-state index in [0.717, 1.165) is 0 Å². The first-order valence-electron chi connectivity index (χ1n) is 1.87. The van der Waals surface area contributed by atoms with Gasteiger partial charge in [-0.1, -0.05) is 0 Å². The van der Waals surface area contributed by atoms with Crippen molar-refractivity contribution in [3.8, 4) is 0 Å². The zero-order valence-corrected chi connectivity index (χ0v) is 4.67. The van der Waals surface area contributed by atoms with Crippen LogP contribution in [0.2, 0.25) is 0 Å². The van der Waals surface area contributed by atoms with Gasteiger partial charge in [-0.15, -0.1) is 11.3 Å². The third kappa shape index (κ3) is 0.959. The molecule has 1 rings (SSSR count). The van der Waals surface area contributed by atoms with Gasteiger partial charge in [0, 0.05) is 11.1 Å². The first-order chi connectivity index (χ1) is 3.93. The Balaban J connectivity index is 2.93. The Hall–Kier alpha value is -1.06. The molecule has 0 fully saturated rings. The Morgan fingerprint density at radius 2 is 2.75 bits per heavy atom. The average molecular weight is 126 g/mol. The lowest BCUT2D eigenvalue weighted by Crippen LogP contribution is -1.43. The van der Waals surface area contributed by atoms with Crippen molar-refractivity contribution in [1.29, 1.82) is 0 Å². The molecule has 0 bridgehead atoms. The summed E-state index contributed by atoms with van der Waals surface area (Å²) in [5.74, 6) is 0. The molecule has 8 heavy (non-hydrogen) atoms. The predicted molar refractivity (Wildman–Crippen MR) is 30.9 cm³/mol. The molecule has 0 amide bonds. The molecule has 0 aliphatic rings. The predicted octanol–water partition coefficient (Wildman–Crippen LogP) is 2.08. The highest BCUT2D eigenvalue weighted by Gasteiger charge is 1.83. The fraction of sp³-hybridized carbons (Fsp3) is 0. The minimum absolute atomic E-state index is 0.604. The largest absolute Gasteiger partial charge is 0.253 e. The first kappa shape index (κ1) is 5.08. The summed E-state index contributed by atoms with van der Waals surface area (Å²) >= 11 is 1.32. The van der Waals surface area contributed by atoms with Crippen LogP contribution in [0, 0.1) is 0 Å². The summed E-state index contributed by atoms with van der Waals surface area (Å²) in [6.07, 6.45) is 1.52. The van der Waals surface area contributed by atoms with Gasteiger partial charge in [0.2, 0.25) is 0 Å². The second-order valence-electron chi connectivity index (χ2n) is 1.03. The van der Waals surface area contributed by atoms with E-state index >= 15 is 0 Å². The van der Waals surface area contributed by atoms with Crippen LogP contribution in [-0.2, 0) is 0 Å². The molecule has 0 atom stereocenters.